The Hall–Kier alpha value is -2.89. The van der Waals surface area contributed by atoms with Crippen LogP contribution in [0.25, 0.3) is 0 Å². The number of carbonyl (C=O) groups is 5. The first kappa shape index (κ1) is 25.4. The number of primary amides is 1. The number of hydrogen-bond donors (Lipinski definition) is 2. The molecule has 3 fully saturated rings. The summed E-state index contributed by atoms with van der Waals surface area (Å²) in [6, 6.07) is 3.43. The molecular formula is C25H20BrCl2N3O7. The molecule has 10 nitrogen and oxygen atoms in total. The van der Waals surface area contributed by atoms with Gasteiger partial charge in [-0.2, -0.15) is 4.90 Å². The van der Waals surface area contributed by atoms with Crippen molar-refractivity contribution in [2.75, 3.05) is 5.45 Å². The average Bonchev–Trinajstić information content (AvgIpc) is 3.21. The molecule has 5 aliphatic rings. The summed E-state index contributed by atoms with van der Waals surface area (Å²) in [6.07, 6.45) is 3.32. The van der Waals surface area contributed by atoms with Gasteiger partial charge in [0.2, 0.25) is 11.8 Å². The van der Waals surface area contributed by atoms with Crippen molar-refractivity contribution in [3.05, 3.63) is 47.2 Å². The normalized spacial score (nSPS) is 35.7. The number of nitrogens with zero attached hydrogens (tertiary/aromatic N) is 2. The summed E-state index contributed by atoms with van der Waals surface area (Å²) in [5, 5.41) is 10.0. The van der Waals surface area contributed by atoms with Gasteiger partial charge in [-0.15, -0.1) is 23.2 Å². The van der Waals surface area contributed by atoms with Gasteiger partial charge in [0.05, 0.1) is 23.6 Å². The molecule has 6 amide bonds. The third-order valence-electron chi connectivity index (χ3n) is 8.38. The number of imide groups is 4. The van der Waals surface area contributed by atoms with Crippen molar-refractivity contribution in [1.82, 2.24) is 9.80 Å². The molecule has 0 bridgehead atoms. The molecule has 13 heteroatoms. The lowest BCUT2D eigenvalue weighted by Gasteiger charge is -2.51. The van der Waals surface area contributed by atoms with Crippen molar-refractivity contribution in [2.24, 2.45) is 29.4 Å². The molecule has 3 aliphatic heterocycles. The van der Waals surface area contributed by atoms with Crippen LogP contribution in [0.2, 0.25) is 0 Å². The lowest BCUT2D eigenvalue weighted by Crippen LogP contribution is -2.61. The maximum Gasteiger partial charge on any atom is 0.328 e. The highest BCUT2D eigenvalue weighted by Gasteiger charge is 2.76. The molecular weight excluding hydrogens is 605 g/mol. The molecule has 6 atom stereocenters. The molecule has 3 heterocycles. The zero-order valence-corrected chi connectivity index (χ0v) is 22.6. The Morgan fingerprint density at radius 1 is 1.16 bits per heavy atom. The van der Waals surface area contributed by atoms with E-state index in [2.05, 4.69) is 15.9 Å². The molecule has 1 aromatic rings. The third kappa shape index (κ3) is 3.03. The van der Waals surface area contributed by atoms with Crippen LogP contribution in [-0.4, -0.2) is 59.8 Å². The lowest BCUT2D eigenvalue weighted by atomic mass is 9.56. The number of nitrogens with two attached hydrogens (primary N) is 1. The number of rotatable bonds is 2. The van der Waals surface area contributed by atoms with Gasteiger partial charge in [-0.3, -0.25) is 24.1 Å². The minimum Gasteiger partial charge on any atom is -0.508 e. The second-order valence-corrected chi connectivity index (χ2v) is 11.9. The summed E-state index contributed by atoms with van der Waals surface area (Å²) in [5.74, 6) is -5.99. The Bertz CT molecular complexity index is 1430. The standard InChI is InChI=1S/C25H20BrCl2N3O7/c26-9-30-21(35)24(27)7-15-13(2-3-14-17(15)20(34)31(19(14)33)23(29)37)18(25(24,28)22(30)36)11-5-10-6-12(32)1-4-16(10)38-8-11/h1-2,4,6,8,14-15,17-18,32H,3,5,7,9H2,(H2,29,37). The molecule has 2 aliphatic carbocycles. The van der Waals surface area contributed by atoms with E-state index < -0.39 is 63.1 Å². The number of halogens is 3. The molecule has 2 saturated heterocycles. The molecule has 0 radical (unpaired) electrons. The fraction of sp³-hybridized carbons (Fsp3) is 0.400. The van der Waals surface area contributed by atoms with Crippen LogP contribution in [0.5, 0.6) is 11.5 Å². The molecule has 0 aromatic heterocycles. The van der Waals surface area contributed by atoms with Crippen molar-refractivity contribution >= 4 is 68.8 Å². The number of phenols is 1. The fourth-order valence-corrected chi connectivity index (χ4v) is 8.22. The second-order valence-electron chi connectivity index (χ2n) is 10.1. The van der Waals surface area contributed by atoms with Crippen molar-refractivity contribution in [2.45, 2.75) is 29.0 Å². The zero-order valence-electron chi connectivity index (χ0n) is 19.5. The van der Waals surface area contributed by atoms with Crippen LogP contribution in [0.3, 0.4) is 0 Å². The molecule has 3 N–H and O–H groups in total. The number of carbonyl (C=O) groups excluding carboxylic acids is 5. The Kier molecular flexibility index (Phi) is 5.55. The fourth-order valence-electron chi connectivity index (χ4n) is 6.78. The number of phenolic OH excluding ortho intramolecular Hbond substituents is 1. The van der Waals surface area contributed by atoms with Gasteiger partial charge in [0.1, 0.15) is 11.5 Å². The van der Waals surface area contributed by atoms with Crippen LogP contribution in [0, 0.1) is 23.7 Å². The second kappa shape index (κ2) is 8.30. The summed E-state index contributed by atoms with van der Waals surface area (Å²) >= 11 is 17.4. The van der Waals surface area contributed by atoms with E-state index in [0.717, 1.165) is 4.90 Å². The number of aromatic hydroxyl groups is 1. The Morgan fingerprint density at radius 2 is 1.89 bits per heavy atom. The number of fused-ring (bicyclic) bond motifs is 5. The topological polar surface area (TPSA) is 147 Å². The van der Waals surface area contributed by atoms with Crippen LogP contribution in [-0.2, 0) is 25.6 Å². The highest BCUT2D eigenvalue weighted by atomic mass is 79.9. The van der Waals surface area contributed by atoms with E-state index in [-0.39, 0.29) is 30.5 Å². The molecule has 1 saturated carbocycles. The molecule has 6 rings (SSSR count). The van der Waals surface area contributed by atoms with Gasteiger partial charge in [0.15, 0.2) is 9.75 Å². The van der Waals surface area contributed by atoms with E-state index in [9.17, 15) is 29.1 Å². The van der Waals surface area contributed by atoms with E-state index in [1.165, 1.54) is 18.4 Å². The number of amides is 6. The first-order chi connectivity index (χ1) is 18.0. The summed E-state index contributed by atoms with van der Waals surface area (Å²) in [6.45, 7) is 0. The summed E-state index contributed by atoms with van der Waals surface area (Å²) in [4.78, 5) is 63.0. The average molecular weight is 625 g/mol. The number of hydrogen-bond acceptors (Lipinski definition) is 7. The number of alkyl halides is 3. The van der Waals surface area contributed by atoms with E-state index >= 15 is 0 Å². The summed E-state index contributed by atoms with van der Waals surface area (Å²) < 4.78 is 5.83. The van der Waals surface area contributed by atoms with Crippen LogP contribution in [0.15, 0.2) is 41.7 Å². The number of ether oxygens (including phenoxy) is 1. The van der Waals surface area contributed by atoms with Crippen molar-refractivity contribution < 1.29 is 33.8 Å². The predicted octanol–water partition coefficient (Wildman–Crippen LogP) is 2.53. The van der Waals surface area contributed by atoms with Crippen LogP contribution in [0.4, 0.5) is 4.79 Å². The van der Waals surface area contributed by atoms with Gasteiger partial charge in [-0.05, 0) is 42.5 Å². The molecule has 0 spiro atoms. The smallest absolute Gasteiger partial charge is 0.328 e. The number of allylic oxidation sites excluding steroid dienone is 3. The van der Waals surface area contributed by atoms with Crippen LogP contribution >= 0.6 is 39.1 Å². The number of urea groups is 1. The maximum absolute atomic E-state index is 13.8. The monoisotopic (exact) mass is 623 g/mol. The van der Waals surface area contributed by atoms with Crippen molar-refractivity contribution in [1.29, 1.82) is 0 Å². The Morgan fingerprint density at radius 3 is 2.58 bits per heavy atom. The van der Waals surface area contributed by atoms with E-state index in [1.54, 1.807) is 12.1 Å². The number of benzene rings is 1. The highest BCUT2D eigenvalue weighted by Crippen LogP contribution is 2.64. The quantitative estimate of drug-likeness (QED) is 0.222. The van der Waals surface area contributed by atoms with Gasteiger partial charge in [0, 0.05) is 17.9 Å². The Labute approximate surface area is 234 Å². The largest absolute Gasteiger partial charge is 0.508 e. The van der Waals surface area contributed by atoms with Gasteiger partial charge in [0.25, 0.3) is 11.8 Å². The zero-order chi connectivity index (χ0) is 27.3. The summed E-state index contributed by atoms with van der Waals surface area (Å²) in [7, 11) is 0. The summed E-state index contributed by atoms with van der Waals surface area (Å²) in [5.41, 5.74) is 6.90. The van der Waals surface area contributed by atoms with Crippen LogP contribution in [0.1, 0.15) is 18.4 Å². The number of likely N-dealkylation sites (tertiary alicyclic amines) is 2. The van der Waals surface area contributed by atoms with Gasteiger partial charge in [-0.1, -0.05) is 27.6 Å². The molecule has 6 unspecified atom stereocenters. The molecule has 38 heavy (non-hydrogen) atoms. The first-order valence-electron chi connectivity index (χ1n) is 11.8. The van der Waals surface area contributed by atoms with Crippen LogP contribution < -0.4 is 10.5 Å². The van der Waals surface area contributed by atoms with E-state index in [1.807, 2.05) is 0 Å². The third-order valence-corrected chi connectivity index (χ3v) is 10.3. The first-order valence-corrected chi connectivity index (χ1v) is 13.7. The molecule has 1 aromatic carbocycles. The van der Waals surface area contributed by atoms with E-state index in [0.29, 0.717) is 27.4 Å². The van der Waals surface area contributed by atoms with Gasteiger partial charge in [-0.25, -0.2) is 4.79 Å². The predicted molar refractivity (Wildman–Crippen MR) is 136 cm³/mol. The Balaban J connectivity index is 1.53. The van der Waals surface area contributed by atoms with Crippen molar-refractivity contribution in [3.63, 3.8) is 0 Å². The minimum atomic E-state index is -1.97. The highest BCUT2D eigenvalue weighted by molar-refractivity contribution is 9.09. The minimum absolute atomic E-state index is 0.0151. The SMILES string of the molecule is NC(=O)N1C(=O)C2CC=C3C(CC4(Cl)C(=O)N(CBr)C(=O)C4(Cl)C3C3=COc4ccc(O)cc4C3)C2C1=O. The maximum atomic E-state index is 13.8. The van der Waals surface area contributed by atoms with E-state index in [4.69, 9.17) is 33.7 Å². The van der Waals surface area contributed by atoms with Gasteiger partial charge >= 0.3 is 6.03 Å². The van der Waals surface area contributed by atoms with Gasteiger partial charge < -0.3 is 15.6 Å². The lowest BCUT2D eigenvalue weighted by molar-refractivity contribution is -0.139. The van der Waals surface area contributed by atoms with Crippen molar-refractivity contribution in [3.8, 4) is 11.5 Å². The molecule has 198 valence electrons.